The SMILES string of the molecule is O=C(Nc1ccncc1)c1ccccc1-n1cnc(Cn2nc(-c3ccc(Cl)cc3)n(CC(O)C(F)(F)F)c2=O)n1. The van der Waals surface area contributed by atoms with Crippen molar-refractivity contribution in [1.82, 2.24) is 34.1 Å². The van der Waals surface area contributed by atoms with Crippen molar-refractivity contribution < 1.29 is 23.1 Å². The van der Waals surface area contributed by atoms with Gasteiger partial charge in [0.1, 0.15) is 12.9 Å². The zero-order valence-corrected chi connectivity index (χ0v) is 21.7. The molecule has 1 atom stereocenters. The minimum absolute atomic E-state index is 0.0973. The van der Waals surface area contributed by atoms with E-state index in [-0.39, 0.29) is 23.8 Å². The Morgan fingerprint density at radius 1 is 1.02 bits per heavy atom. The van der Waals surface area contributed by atoms with Gasteiger partial charge in [0.05, 0.1) is 17.8 Å². The summed E-state index contributed by atoms with van der Waals surface area (Å²) in [5, 5.41) is 21.4. The minimum atomic E-state index is -4.95. The number of anilines is 1. The molecule has 3 heterocycles. The monoisotopic (exact) mass is 584 g/mol. The molecule has 5 rings (SSSR count). The van der Waals surface area contributed by atoms with Crippen molar-refractivity contribution in [2.45, 2.75) is 25.4 Å². The number of halogens is 4. The van der Waals surface area contributed by atoms with Crippen LogP contribution in [-0.4, -0.2) is 57.4 Å². The van der Waals surface area contributed by atoms with Crippen molar-refractivity contribution in [2.24, 2.45) is 0 Å². The zero-order chi connectivity index (χ0) is 29.1. The van der Waals surface area contributed by atoms with Gasteiger partial charge in [-0.2, -0.15) is 13.2 Å². The molecular formula is C26H20ClF3N8O3. The van der Waals surface area contributed by atoms with E-state index in [4.69, 9.17) is 11.6 Å². The summed E-state index contributed by atoms with van der Waals surface area (Å²) in [6.07, 6.45) is -3.33. The molecule has 5 aromatic rings. The van der Waals surface area contributed by atoms with Crippen LogP contribution in [0.25, 0.3) is 17.1 Å². The number of carbonyl (C=O) groups excluding carboxylic acids is 1. The van der Waals surface area contributed by atoms with E-state index in [1.807, 2.05) is 0 Å². The number of alkyl halides is 3. The molecule has 0 saturated carbocycles. The molecule has 2 aromatic carbocycles. The number of hydrogen-bond donors (Lipinski definition) is 2. The standard InChI is InChI=1S/C26H20ClF3N8O3/c27-17-7-5-16(6-8-17)23-35-37(25(41)36(23)13-21(39)26(28,29)30)14-22-32-15-38(34-22)20-4-2-1-3-19(20)24(40)33-18-9-11-31-12-10-18/h1-12,15,21,39H,13-14H2,(H,31,33,40). The van der Waals surface area contributed by atoms with Gasteiger partial charge in [-0.1, -0.05) is 23.7 Å². The van der Waals surface area contributed by atoms with E-state index < -0.39 is 30.4 Å². The fraction of sp³-hybridized carbons (Fsp3) is 0.154. The summed E-state index contributed by atoms with van der Waals surface area (Å²) in [5.74, 6) is -0.415. The molecule has 15 heteroatoms. The van der Waals surface area contributed by atoms with Crippen molar-refractivity contribution in [3.63, 3.8) is 0 Å². The van der Waals surface area contributed by atoms with Gasteiger partial charge in [-0.25, -0.2) is 19.1 Å². The third kappa shape index (κ3) is 6.18. The molecule has 2 N–H and O–H groups in total. The first-order valence-electron chi connectivity index (χ1n) is 12.0. The molecule has 0 aliphatic heterocycles. The second-order valence-corrected chi connectivity index (χ2v) is 9.19. The Balaban J connectivity index is 1.45. The Bertz CT molecular complexity index is 1730. The highest BCUT2D eigenvalue weighted by molar-refractivity contribution is 6.30. The van der Waals surface area contributed by atoms with Gasteiger partial charge in [-0.05, 0) is 48.5 Å². The summed E-state index contributed by atoms with van der Waals surface area (Å²) in [7, 11) is 0. The number of carbonyl (C=O) groups is 1. The maximum Gasteiger partial charge on any atom is 0.416 e. The lowest BCUT2D eigenvalue weighted by Gasteiger charge is -2.15. The lowest BCUT2D eigenvalue weighted by atomic mass is 10.1. The smallest absolute Gasteiger partial charge is 0.382 e. The predicted octanol–water partition coefficient (Wildman–Crippen LogP) is 3.56. The maximum absolute atomic E-state index is 13.1. The van der Waals surface area contributed by atoms with E-state index in [0.717, 1.165) is 9.25 Å². The molecule has 1 unspecified atom stereocenters. The van der Waals surface area contributed by atoms with Gasteiger partial charge < -0.3 is 10.4 Å². The Morgan fingerprint density at radius 3 is 2.44 bits per heavy atom. The lowest BCUT2D eigenvalue weighted by molar-refractivity contribution is -0.207. The average molecular weight is 585 g/mol. The topological polar surface area (TPSA) is 133 Å². The second kappa shape index (κ2) is 11.3. The highest BCUT2D eigenvalue weighted by Crippen LogP contribution is 2.24. The molecule has 0 aliphatic rings. The molecule has 0 fully saturated rings. The molecule has 0 spiro atoms. The number of aromatic nitrogens is 7. The summed E-state index contributed by atoms with van der Waals surface area (Å²) in [6.45, 7) is -1.37. The fourth-order valence-corrected chi connectivity index (χ4v) is 4.04. The average Bonchev–Trinajstić information content (AvgIpc) is 3.54. The van der Waals surface area contributed by atoms with Crippen LogP contribution in [0.1, 0.15) is 16.2 Å². The van der Waals surface area contributed by atoms with Crippen LogP contribution in [0.5, 0.6) is 0 Å². The summed E-state index contributed by atoms with van der Waals surface area (Å²) in [5.41, 5.74) is 0.624. The van der Waals surface area contributed by atoms with Crippen LogP contribution in [0.15, 0.2) is 84.2 Å². The number of pyridine rings is 1. The van der Waals surface area contributed by atoms with Crippen molar-refractivity contribution in [3.05, 3.63) is 106 Å². The third-order valence-electron chi connectivity index (χ3n) is 5.92. The Labute approximate surface area is 234 Å². The number of rotatable bonds is 8. The number of para-hydroxylation sites is 1. The number of benzene rings is 2. The van der Waals surface area contributed by atoms with Crippen LogP contribution in [0.2, 0.25) is 5.02 Å². The van der Waals surface area contributed by atoms with Gasteiger partial charge in [0.2, 0.25) is 0 Å². The van der Waals surface area contributed by atoms with Gasteiger partial charge in [0.15, 0.2) is 17.8 Å². The van der Waals surface area contributed by atoms with Crippen molar-refractivity contribution >= 4 is 23.2 Å². The molecule has 1 amide bonds. The Hall–Kier alpha value is -4.82. The molecule has 0 bridgehead atoms. The van der Waals surface area contributed by atoms with E-state index in [9.17, 15) is 27.9 Å². The highest BCUT2D eigenvalue weighted by atomic mass is 35.5. The number of aliphatic hydroxyl groups is 1. The summed E-state index contributed by atoms with van der Waals surface area (Å²) >= 11 is 5.92. The van der Waals surface area contributed by atoms with Crippen molar-refractivity contribution in [3.8, 4) is 17.1 Å². The Morgan fingerprint density at radius 2 is 1.73 bits per heavy atom. The van der Waals surface area contributed by atoms with Crippen LogP contribution in [0, 0.1) is 0 Å². The van der Waals surface area contributed by atoms with E-state index in [2.05, 4.69) is 25.5 Å². The normalized spacial score (nSPS) is 12.3. The van der Waals surface area contributed by atoms with Crippen LogP contribution in [-0.2, 0) is 13.1 Å². The number of amides is 1. The van der Waals surface area contributed by atoms with E-state index >= 15 is 0 Å². The second-order valence-electron chi connectivity index (χ2n) is 8.75. The van der Waals surface area contributed by atoms with Gasteiger partial charge in [-0.3, -0.25) is 14.3 Å². The minimum Gasteiger partial charge on any atom is -0.382 e. The highest BCUT2D eigenvalue weighted by Gasteiger charge is 2.39. The number of aliphatic hydroxyl groups excluding tert-OH is 1. The largest absolute Gasteiger partial charge is 0.416 e. The van der Waals surface area contributed by atoms with Crippen molar-refractivity contribution in [2.75, 3.05) is 5.32 Å². The third-order valence-corrected chi connectivity index (χ3v) is 6.17. The fourth-order valence-electron chi connectivity index (χ4n) is 3.92. The van der Waals surface area contributed by atoms with Crippen LogP contribution < -0.4 is 11.0 Å². The van der Waals surface area contributed by atoms with Gasteiger partial charge in [0, 0.05) is 28.7 Å². The van der Waals surface area contributed by atoms with Crippen LogP contribution >= 0.6 is 11.6 Å². The van der Waals surface area contributed by atoms with Gasteiger partial charge in [-0.15, -0.1) is 10.2 Å². The molecule has 3 aromatic heterocycles. The number of nitrogens with one attached hydrogen (secondary N) is 1. The lowest BCUT2D eigenvalue weighted by Crippen LogP contribution is -2.37. The number of nitrogens with zero attached hydrogens (tertiary/aromatic N) is 7. The first-order valence-corrected chi connectivity index (χ1v) is 12.4. The summed E-state index contributed by atoms with van der Waals surface area (Å²) in [6, 6.07) is 15.9. The van der Waals surface area contributed by atoms with E-state index in [1.165, 1.54) is 47.7 Å². The molecule has 11 nitrogen and oxygen atoms in total. The van der Waals surface area contributed by atoms with Crippen LogP contribution in [0.4, 0.5) is 18.9 Å². The quantitative estimate of drug-likeness (QED) is 0.285. The van der Waals surface area contributed by atoms with Crippen molar-refractivity contribution in [1.29, 1.82) is 0 Å². The zero-order valence-electron chi connectivity index (χ0n) is 20.9. The summed E-state index contributed by atoms with van der Waals surface area (Å²) in [4.78, 5) is 34.2. The molecule has 0 radical (unpaired) electrons. The first-order chi connectivity index (χ1) is 19.6. The predicted molar refractivity (Wildman–Crippen MR) is 142 cm³/mol. The van der Waals surface area contributed by atoms with Gasteiger partial charge >= 0.3 is 11.9 Å². The molecule has 210 valence electrons. The van der Waals surface area contributed by atoms with Crippen LogP contribution in [0.3, 0.4) is 0 Å². The summed E-state index contributed by atoms with van der Waals surface area (Å²) < 4.78 is 42.3. The Kier molecular flexibility index (Phi) is 7.68. The van der Waals surface area contributed by atoms with E-state index in [1.54, 1.807) is 36.4 Å². The van der Waals surface area contributed by atoms with E-state index in [0.29, 0.717) is 22.0 Å². The molecule has 0 aliphatic carbocycles. The molecule has 41 heavy (non-hydrogen) atoms. The first kappa shape index (κ1) is 27.7. The molecule has 0 saturated heterocycles. The maximum atomic E-state index is 13.1. The van der Waals surface area contributed by atoms with Gasteiger partial charge in [0.25, 0.3) is 5.91 Å². The number of hydrogen-bond acceptors (Lipinski definition) is 7. The molecular weight excluding hydrogens is 565 g/mol.